The molecule has 0 N–H and O–H groups in total. The Morgan fingerprint density at radius 2 is 2.05 bits per heavy atom. The van der Waals surface area contributed by atoms with Crippen molar-refractivity contribution in [1.82, 2.24) is 9.80 Å². The molecule has 0 saturated carbocycles. The largest absolute Gasteiger partial charge is 0.383 e. The third-order valence-corrected chi connectivity index (χ3v) is 4.95. The minimum Gasteiger partial charge on any atom is -0.383 e. The fraction of sp³-hybridized carbons (Fsp3) is 0.611. The van der Waals surface area contributed by atoms with Gasteiger partial charge >= 0.3 is 0 Å². The van der Waals surface area contributed by atoms with E-state index in [1.807, 2.05) is 6.07 Å². The van der Waals surface area contributed by atoms with Crippen LogP contribution in [0, 0.1) is 5.92 Å². The van der Waals surface area contributed by atoms with Crippen LogP contribution in [0.3, 0.4) is 0 Å². The molecule has 22 heavy (non-hydrogen) atoms. The van der Waals surface area contributed by atoms with E-state index in [2.05, 4.69) is 34.1 Å². The second-order valence-electron chi connectivity index (χ2n) is 6.38. The molecule has 2 heterocycles. The molecule has 2 saturated heterocycles. The highest BCUT2D eigenvalue weighted by molar-refractivity contribution is 5.80. The highest BCUT2D eigenvalue weighted by Gasteiger charge is 2.36. The molecule has 4 nitrogen and oxygen atoms in total. The quantitative estimate of drug-likeness (QED) is 0.837. The van der Waals surface area contributed by atoms with Crippen molar-refractivity contribution in [3.8, 4) is 0 Å². The number of rotatable bonds is 5. The minimum atomic E-state index is 0.168. The number of amides is 1. The second-order valence-corrected chi connectivity index (χ2v) is 6.38. The van der Waals surface area contributed by atoms with Crippen molar-refractivity contribution in [2.24, 2.45) is 5.92 Å². The zero-order valence-electron chi connectivity index (χ0n) is 13.4. The maximum atomic E-state index is 12.9. The summed E-state index contributed by atoms with van der Waals surface area (Å²) in [7, 11) is 1.73. The van der Waals surface area contributed by atoms with Gasteiger partial charge in [-0.2, -0.15) is 0 Å². The number of hydrogen-bond acceptors (Lipinski definition) is 3. The van der Waals surface area contributed by atoms with Crippen LogP contribution >= 0.6 is 0 Å². The molecule has 0 radical (unpaired) electrons. The first-order valence-corrected chi connectivity index (χ1v) is 8.36. The van der Waals surface area contributed by atoms with E-state index in [0.717, 1.165) is 52.0 Å². The molecule has 0 spiro atoms. The summed E-state index contributed by atoms with van der Waals surface area (Å²) in [6.45, 7) is 4.50. The van der Waals surface area contributed by atoms with Crippen LogP contribution in [0.5, 0.6) is 0 Å². The normalized spacial score (nSPS) is 25.8. The first-order valence-electron chi connectivity index (χ1n) is 8.36. The van der Waals surface area contributed by atoms with E-state index in [1.54, 1.807) is 7.11 Å². The Morgan fingerprint density at radius 1 is 1.23 bits per heavy atom. The zero-order chi connectivity index (χ0) is 15.4. The molecule has 2 aliphatic rings. The van der Waals surface area contributed by atoms with Gasteiger partial charge in [-0.15, -0.1) is 0 Å². The first kappa shape index (κ1) is 15.5. The molecule has 0 aromatic heterocycles. The van der Waals surface area contributed by atoms with Gasteiger partial charge < -0.3 is 14.5 Å². The zero-order valence-corrected chi connectivity index (χ0v) is 13.4. The van der Waals surface area contributed by atoms with Gasteiger partial charge in [-0.1, -0.05) is 30.3 Å². The van der Waals surface area contributed by atoms with E-state index >= 15 is 0 Å². The molecule has 2 fully saturated rings. The average molecular weight is 302 g/mol. The molecule has 3 rings (SSSR count). The number of methoxy groups -OCH3 is 1. The van der Waals surface area contributed by atoms with Gasteiger partial charge in [-0.05, 0) is 31.4 Å². The molecular weight excluding hydrogens is 276 g/mol. The summed E-state index contributed by atoms with van der Waals surface area (Å²) in [5.74, 6) is 0.521. The SMILES string of the molecule is COCCN1CC[C@@H](C(=O)N2CCC[C@H]2c2ccccc2)C1. The molecule has 120 valence electrons. The van der Waals surface area contributed by atoms with Crippen molar-refractivity contribution in [2.45, 2.75) is 25.3 Å². The van der Waals surface area contributed by atoms with Crippen LogP contribution < -0.4 is 0 Å². The van der Waals surface area contributed by atoms with Crippen LogP contribution in [0.1, 0.15) is 30.9 Å². The van der Waals surface area contributed by atoms with Crippen molar-refractivity contribution in [3.63, 3.8) is 0 Å². The van der Waals surface area contributed by atoms with E-state index in [0.29, 0.717) is 5.91 Å². The lowest BCUT2D eigenvalue weighted by atomic mass is 10.0. The number of benzene rings is 1. The lowest BCUT2D eigenvalue weighted by Gasteiger charge is -2.28. The Balaban J connectivity index is 1.62. The maximum absolute atomic E-state index is 12.9. The number of hydrogen-bond donors (Lipinski definition) is 0. The Labute approximate surface area is 133 Å². The molecule has 2 atom stereocenters. The first-order chi connectivity index (χ1) is 10.8. The number of likely N-dealkylation sites (tertiary alicyclic amines) is 2. The molecule has 1 amide bonds. The molecule has 0 unspecified atom stereocenters. The van der Waals surface area contributed by atoms with E-state index in [4.69, 9.17) is 4.74 Å². The minimum absolute atomic E-state index is 0.168. The summed E-state index contributed by atoms with van der Waals surface area (Å²) in [6.07, 6.45) is 3.20. The van der Waals surface area contributed by atoms with E-state index < -0.39 is 0 Å². The van der Waals surface area contributed by atoms with Gasteiger partial charge in [0.05, 0.1) is 18.6 Å². The van der Waals surface area contributed by atoms with Crippen molar-refractivity contribution in [1.29, 1.82) is 0 Å². The molecule has 0 bridgehead atoms. The predicted octanol–water partition coefficient (Wildman–Crippen LogP) is 2.32. The summed E-state index contributed by atoms with van der Waals surface area (Å²) < 4.78 is 5.14. The molecule has 0 aliphatic carbocycles. The van der Waals surface area contributed by atoms with Crippen LogP contribution in [0.2, 0.25) is 0 Å². The lowest BCUT2D eigenvalue weighted by molar-refractivity contribution is -0.136. The van der Waals surface area contributed by atoms with Crippen LogP contribution in [-0.2, 0) is 9.53 Å². The third kappa shape index (κ3) is 3.33. The van der Waals surface area contributed by atoms with Crippen LogP contribution in [0.25, 0.3) is 0 Å². The van der Waals surface area contributed by atoms with Gasteiger partial charge in [0.2, 0.25) is 5.91 Å². The number of nitrogens with zero attached hydrogens (tertiary/aromatic N) is 2. The van der Waals surface area contributed by atoms with Gasteiger partial charge in [0, 0.05) is 26.7 Å². The van der Waals surface area contributed by atoms with Crippen molar-refractivity contribution in [3.05, 3.63) is 35.9 Å². The van der Waals surface area contributed by atoms with Crippen LogP contribution in [0.15, 0.2) is 30.3 Å². The van der Waals surface area contributed by atoms with Crippen molar-refractivity contribution in [2.75, 3.05) is 39.9 Å². The fourth-order valence-corrected chi connectivity index (χ4v) is 3.74. The summed E-state index contributed by atoms with van der Waals surface area (Å²) in [5, 5.41) is 0. The van der Waals surface area contributed by atoms with E-state index in [1.165, 1.54) is 5.56 Å². The molecule has 1 aromatic carbocycles. The number of carbonyl (C=O) groups is 1. The van der Waals surface area contributed by atoms with Crippen molar-refractivity contribution >= 4 is 5.91 Å². The number of carbonyl (C=O) groups excluding carboxylic acids is 1. The highest BCUT2D eigenvalue weighted by Crippen LogP contribution is 2.34. The average Bonchev–Trinajstić information content (AvgIpc) is 3.22. The van der Waals surface area contributed by atoms with Crippen molar-refractivity contribution < 1.29 is 9.53 Å². The van der Waals surface area contributed by atoms with E-state index in [-0.39, 0.29) is 12.0 Å². The standard InChI is InChI=1S/C18H26N2O2/c1-22-13-12-19-11-9-16(14-19)18(21)20-10-5-8-17(20)15-6-3-2-4-7-15/h2-4,6-7,16-17H,5,8-14H2,1H3/t16-,17+/m1/s1. The van der Waals surface area contributed by atoms with Gasteiger partial charge in [-0.3, -0.25) is 4.79 Å². The molecular formula is C18H26N2O2. The third-order valence-electron chi connectivity index (χ3n) is 4.95. The highest BCUT2D eigenvalue weighted by atomic mass is 16.5. The Morgan fingerprint density at radius 3 is 2.82 bits per heavy atom. The second kappa shape index (κ2) is 7.25. The Bertz CT molecular complexity index is 491. The topological polar surface area (TPSA) is 32.8 Å². The van der Waals surface area contributed by atoms with Crippen LogP contribution in [-0.4, -0.2) is 55.6 Å². The lowest BCUT2D eigenvalue weighted by Crippen LogP contribution is -2.37. The van der Waals surface area contributed by atoms with E-state index in [9.17, 15) is 4.79 Å². The molecule has 4 heteroatoms. The predicted molar refractivity (Wildman–Crippen MR) is 86.6 cm³/mol. The van der Waals surface area contributed by atoms with Gasteiger partial charge in [0.15, 0.2) is 0 Å². The van der Waals surface area contributed by atoms with Crippen LogP contribution in [0.4, 0.5) is 0 Å². The maximum Gasteiger partial charge on any atom is 0.227 e. The fourth-order valence-electron chi connectivity index (χ4n) is 3.74. The monoisotopic (exact) mass is 302 g/mol. The Kier molecular flexibility index (Phi) is 5.11. The summed E-state index contributed by atoms with van der Waals surface area (Å²) in [6, 6.07) is 10.7. The van der Waals surface area contributed by atoms with Gasteiger partial charge in [0.25, 0.3) is 0 Å². The molecule has 1 aromatic rings. The summed E-state index contributed by atoms with van der Waals surface area (Å²) >= 11 is 0. The number of ether oxygens (including phenoxy) is 1. The summed E-state index contributed by atoms with van der Waals surface area (Å²) in [4.78, 5) is 17.4. The smallest absolute Gasteiger partial charge is 0.227 e. The van der Waals surface area contributed by atoms with Gasteiger partial charge in [-0.25, -0.2) is 0 Å². The molecule has 2 aliphatic heterocycles. The summed E-state index contributed by atoms with van der Waals surface area (Å²) in [5.41, 5.74) is 1.28. The van der Waals surface area contributed by atoms with Gasteiger partial charge in [0.1, 0.15) is 0 Å². The Hall–Kier alpha value is -1.39.